The molecule has 3 heterocycles. The number of thiophene rings is 1. The highest BCUT2D eigenvalue weighted by molar-refractivity contribution is 7.10. The van der Waals surface area contributed by atoms with Crippen molar-refractivity contribution in [2.24, 2.45) is 0 Å². The van der Waals surface area contributed by atoms with Crippen LogP contribution in [0, 0.1) is 5.82 Å². The maximum Gasteiger partial charge on any atom is 0.331 e. The Hall–Kier alpha value is -3.99. The van der Waals surface area contributed by atoms with E-state index in [1.807, 2.05) is 0 Å². The second-order valence-electron chi connectivity index (χ2n) is 7.06. The number of halogens is 1. The molecule has 6 N–H and O–H groups in total. The van der Waals surface area contributed by atoms with E-state index < -0.39 is 23.7 Å². The molecule has 4 aromatic rings. The van der Waals surface area contributed by atoms with Crippen LogP contribution in [0.15, 0.2) is 46.7 Å². The molecule has 0 aliphatic rings. The van der Waals surface area contributed by atoms with Crippen LogP contribution in [0.5, 0.6) is 0 Å². The fourth-order valence-electron chi connectivity index (χ4n) is 3.41. The third-order valence-corrected chi connectivity index (χ3v) is 5.89. The zero-order valence-corrected chi connectivity index (χ0v) is 17.3. The van der Waals surface area contributed by atoms with Gasteiger partial charge in [-0.2, -0.15) is 4.98 Å². The first-order valence-corrected chi connectivity index (χ1v) is 10.4. The second kappa shape index (κ2) is 8.63. The van der Waals surface area contributed by atoms with Gasteiger partial charge in [-0.25, -0.2) is 9.18 Å². The first-order valence-electron chi connectivity index (χ1n) is 9.54. The van der Waals surface area contributed by atoms with Crippen molar-refractivity contribution in [2.45, 2.75) is 18.9 Å². The smallest absolute Gasteiger partial charge is 0.331 e. The number of aliphatic carboxylic acids is 1. The molecule has 3 aromatic heterocycles. The van der Waals surface area contributed by atoms with Gasteiger partial charge in [0.05, 0.1) is 10.9 Å². The summed E-state index contributed by atoms with van der Waals surface area (Å²) < 4.78 is 14.6. The van der Waals surface area contributed by atoms with E-state index in [0.29, 0.717) is 39.9 Å². The van der Waals surface area contributed by atoms with Crippen LogP contribution in [-0.4, -0.2) is 31.9 Å². The number of carboxylic acid groups (broad SMARTS) is 1. The minimum absolute atomic E-state index is 0.0102. The number of hydrogen-bond donors (Lipinski definition) is 5. The van der Waals surface area contributed by atoms with Crippen LogP contribution < -0.4 is 16.6 Å². The van der Waals surface area contributed by atoms with Gasteiger partial charge >= 0.3 is 5.97 Å². The number of aromatic nitrogens is 3. The molecule has 164 valence electrons. The number of carbonyl (C=O) groups excluding carboxylic acids is 1. The molecule has 0 radical (unpaired) electrons. The van der Waals surface area contributed by atoms with E-state index in [9.17, 15) is 23.9 Å². The van der Waals surface area contributed by atoms with Gasteiger partial charge in [-0.15, -0.1) is 11.3 Å². The Morgan fingerprint density at radius 3 is 2.78 bits per heavy atom. The number of aryl methyl sites for hydroxylation is 2. The minimum Gasteiger partial charge on any atom is -0.479 e. The maximum absolute atomic E-state index is 14.6. The lowest BCUT2D eigenvalue weighted by atomic mass is 10.0. The first-order chi connectivity index (χ1) is 15.3. The summed E-state index contributed by atoms with van der Waals surface area (Å²) in [5, 5.41) is 13.8. The van der Waals surface area contributed by atoms with Crippen LogP contribution in [0.4, 0.5) is 10.3 Å². The fourth-order valence-corrected chi connectivity index (χ4v) is 4.18. The summed E-state index contributed by atoms with van der Waals surface area (Å²) in [4.78, 5) is 45.9. The Morgan fingerprint density at radius 1 is 1.28 bits per heavy atom. The summed E-state index contributed by atoms with van der Waals surface area (Å²) in [7, 11) is 0. The number of nitrogens with one attached hydrogen (secondary N) is 3. The molecule has 0 saturated carbocycles. The van der Waals surface area contributed by atoms with Crippen LogP contribution in [-0.2, 0) is 17.6 Å². The molecule has 0 fully saturated rings. The number of hydrogen-bond acceptors (Lipinski definition) is 6. The molecule has 1 aromatic carbocycles. The monoisotopic (exact) mass is 455 g/mol. The molecule has 1 amide bonds. The molecule has 0 aliphatic carbocycles. The predicted octanol–water partition coefficient (Wildman–Crippen LogP) is 2.37. The first kappa shape index (κ1) is 21.2. The number of aromatic amines is 2. The topological polar surface area (TPSA) is 154 Å². The molecule has 0 bridgehead atoms. The highest BCUT2D eigenvalue weighted by atomic mass is 32.1. The van der Waals surface area contributed by atoms with Crippen LogP contribution >= 0.6 is 11.3 Å². The van der Waals surface area contributed by atoms with Crippen molar-refractivity contribution in [1.82, 2.24) is 20.3 Å². The molecule has 11 heteroatoms. The number of nitrogens with zero attached hydrogens (tertiary/aromatic N) is 1. The standard InChI is InChI=1S/C21H18FN5O4S/c22-13-8-10(3-5-11-9-24-17-15(11)19(29)27-21(23)26-17)4-6-12(13)18(28)25-16(20(30)31)14-2-1-7-32-14/h1-2,4,6-9,16H,3,5H2,(H,25,28)(H,30,31)(H4,23,24,26,27,29). The van der Waals surface area contributed by atoms with Crippen molar-refractivity contribution in [3.63, 3.8) is 0 Å². The fraction of sp³-hybridized carbons (Fsp3) is 0.143. The number of carboxylic acids is 1. The van der Waals surface area contributed by atoms with Crippen molar-refractivity contribution >= 4 is 40.2 Å². The molecule has 9 nitrogen and oxygen atoms in total. The number of fused-ring (bicyclic) bond motifs is 1. The largest absolute Gasteiger partial charge is 0.479 e. The van der Waals surface area contributed by atoms with Gasteiger partial charge in [-0.1, -0.05) is 12.1 Å². The van der Waals surface area contributed by atoms with Crippen LogP contribution in [0.25, 0.3) is 11.0 Å². The van der Waals surface area contributed by atoms with Crippen molar-refractivity contribution < 1.29 is 19.1 Å². The van der Waals surface area contributed by atoms with Gasteiger partial charge in [0.15, 0.2) is 6.04 Å². The molecular weight excluding hydrogens is 437 g/mol. The number of anilines is 1. The summed E-state index contributed by atoms with van der Waals surface area (Å²) >= 11 is 1.18. The van der Waals surface area contributed by atoms with E-state index in [4.69, 9.17) is 5.73 Å². The van der Waals surface area contributed by atoms with Crippen molar-refractivity contribution in [3.8, 4) is 0 Å². The zero-order chi connectivity index (χ0) is 22.8. The van der Waals surface area contributed by atoms with E-state index in [0.717, 1.165) is 0 Å². The van der Waals surface area contributed by atoms with E-state index in [-0.39, 0.29) is 17.1 Å². The Morgan fingerprint density at radius 2 is 2.09 bits per heavy atom. The minimum atomic E-state index is -1.26. The van der Waals surface area contributed by atoms with Crippen LogP contribution in [0.2, 0.25) is 0 Å². The summed E-state index contributed by atoms with van der Waals surface area (Å²) in [6.45, 7) is 0. The van der Waals surface area contributed by atoms with Gasteiger partial charge in [-0.05, 0) is 47.5 Å². The summed E-state index contributed by atoms with van der Waals surface area (Å²) in [5.41, 5.74) is 6.62. The average Bonchev–Trinajstić information content (AvgIpc) is 3.40. The Labute approximate surface area is 184 Å². The molecule has 1 atom stereocenters. The number of rotatable bonds is 7. The average molecular weight is 455 g/mol. The second-order valence-corrected chi connectivity index (χ2v) is 8.04. The highest BCUT2D eigenvalue weighted by Crippen LogP contribution is 2.21. The van der Waals surface area contributed by atoms with Crippen LogP contribution in [0.3, 0.4) is 0 Å². The quantitative estimate of drug-likeness (QED) is 0.288. The molecular formula is C21H18FN5O4S. The molecule has 32 heavy (non-hydrogen) atoms. The highest BCUT2D eigenvalue weighted by Gasteiger charge is 2.25. The van der Waals surface area contributed by atoms with Crippen molar-refractivity contribution in [2.75, 3.05) is 5.73 Å². The number of carbonyl (C=O) groups is 2. The summed E-state index contributed by atoms with van der Waals surface area (Å²) in [5.74, 6) is -2.80. The molecule has 0 spiro atoms. The lowest BCUT2D eigenvalue weighted by molar-refractivity contribution is -0.139. The normalized spacial score (nSPS) is 12.0. The molecule has 0 saturated heterocycles. The number of nitrogen functional groups attached to an aromatic ring is 1. The van der Waals surface area contributed by atoms with Gasteiger partial charge < -0.3 is 21.1 Å². The lowest BCUT2D eigenvalue weighted by Crippen LogP contribution is -2.33. The van der Waals surface area contributed by atoms with E-state index in [2.05, 4.69) is 20.3 Å². The van der Waals surface area contributed by atoms with Gasteiger partial charge in [0.1, 0.15) is 11.5 Å². The van der Waals surface area contributed by atoms with Crippen molar-refractivity contribution in [1.29, 1.82) is 0 Å². The van der Waals surface area contributed by atoms with Gasteiger partial charge in [0.25, 0.3) is 11.5 Å². The predicted molar refractivity (Wildman–Crippen MR) is 117 cm³/mol. The van der Waals surface area contributed by atoms with Gasteiger partial charge in [0.2, 0.25) is 5.95 Å². The van der Waals surface area contributed by atoms with E-state index in [1.165, 1.54) is 23.5 Å². The number of benzene rings is 1. The van der Waals surface area contributed by atoms with Crippen molar-refractivity contribution in [3.05, 3.63) is 79.6 Å². The third kappa shape index (κ3) is 4.23. The number of nitrogens with two attached hydrogens (primary N) is 1. The third-order valence-electron chi connectivity index (χ3n) is 4.95. The molecule has 1 unspecified atom stereocenters. The van der Waals surface area contributed by atoms with Gasteiger partial charge in [-0.3, -0.25) is 14.6 Å². The molecule has 0 aliphatic heterocycles. The Balaban J connectivity index is 1.48. The lowest BCUT2D eigenvalue weighted by Gasteiger charge is -2.13. The molecule has 4 rings (SSSR count). The van der Waals surface area contributed by atoms with E-state index in [1.54, 1.807) is 29.8 Å². The summed E-state index contributed by atoms with van der Waals surface area (Å²) in [6.07, 6.45) is 2.49. The zero-order valence-electron chi connectivity index (χ0n) is 16.5. The Kier molecular flexibility index (Phi) is 5.73. The van der Waals surface area contributed by atoms with Crippen LogP contribution in [0.1, 0.15) is 32.4 Å². The van der Waals surface area contributed by atoms with Gasteiger partial charge in [0, 0.05) is 11.1 Å². The summed E-state index contributed by atoms with van der Waals surface area (Å²) in [6, 6.07) is 6.13. The maximum atomic E-state index is 14.6. The van der Waals surface area contributed by atoms with E-state index >= 15 is 0 Å². The number of H-pyrrole nitrogens is 2. The SMILES string of the molecule is Nc1nc2[nH]cc(CCc3ccc(C(=O)NC(C(=O)O)c4cccs4)c(F)c3)c2c(=O)[nH]1. The Bertz CT molecular complexity index is 1360. The number of amides is 1.